The zero-order valence-electron chi connectivity index (χ0n) is 13.5. The van der Waals surface area contributed by atoms with Crippen LogP contribution in [0.3, 0.4) is 0 Å². The highest BCUT2D eigenvalue weighted by molar-refractivity contribution is 7.90. The van der Waals surface area contributed by atoms with Gasteiger partial charge in [-0.05, 0) is 36.5 Å². The number of halogens is 2. The smallest absolute Gasteiger partial charge is 0.246 e. The van der Waals surface area contributed by atoms with Gasteiger partial charge in [0.15, 0.2) is 9.84 Å². The number of H-pyrrole nitrogens is 1. The van der Waals surface area contributed by atoms with E-state index in [9.17, 15) is 8.42 Å². The molecule has 0 atom stereocenters. The predicted molar refractivity (Wildman–Crippen MR) is 99.7 cm³/mol. The summed E-state index contributed by atoms with van der Waals surface area (Å²) in [7, 11) is -3.22. The summed E-state index contributed by atoms with van der Waals surface area (Å²) < 4.78 is 25.0. The Labute approximate surface area is 156 Å². The van der Waals surface area contributed by atoms with Crippen molar-refractivity contribution >= 4 is 44.9 Å². The molecule has 1 fully saturated rings. The fraction of sp³-hybridized carbons (Fsp3) is 0.467. The van der Waals surface area contributed by atoms with Crippen LogP contribution >= 0.6 is 23.2 Å². The van der Waals surface area contributed by atoms with E-state index in [4.69, 9.17) is 28.9 Å². The summed E-state index contributed by atoms with van der Waals surface area (Å²) in [6, 6.07) is 4.93. The number of nitrogens with two attached hydrogens (primary N) is 1. The zero-order chi connectivity index (χ0) is 18.0. The SMILES string of the molecule is Nc1nc(N2CCC(CS(=O)(=O)Cc3ccc(Cl)c(Cl)c3)CC2)n[nH]1. The molecule has 1 aliphatic rings. The van der Waals surface area contributed by atoms with Crippen molar-refractivity contribution in [1.29, 1.82) is 0 Å². The number of rotatable bonds is 5. The van der Waals surface area contributed by atoms with E-state index >= 15 is 0 Å². The fourth-order valence-corrected chi connectivity index (χ4v) is 5.18. The standard InChI is InChI=1S/C15H19Cl2N5O2S/c16-12-2-1-11(7-13(12)17)9-25(23,24)8-10-3-5-22(6-4-10)15-19-14(18)20-21-15/h1-2,7,10H,3-6,8-9H2,(H3,18,19,20,21). The third-order valence-corrected chi connectivity index (χ3v) is 6.74. The molecular formula is C15H19Cl2N5O2S. The van der Waals surface area contributed by atoms with E-state index in [-0.39, 0.29) is 23.4 Å². The van der Waals surface area contributed by atoms with Crippen molar-refractivity contribution in [2.45, 2.75) is 18.6 Å². The first-order chi connectivity index (χ1) is 11.8. The van der Waals surface area contributed by atoms with E-state index in [0.717, 1.165) is 12.8 Å². The number of piperidine rings is 1. The van der Waals surface area contributed by atoms with Gasteiger partial charge in [-0.3, -0.25) is 0 Å². The lowest BCUT2D eigenvalue weighted by molar-refractivity contribution is 0.432. The molecule has 10 heteroatoms. The van der Waals surface area contributed by atoms with Gasteiger partial charge in [-0.15, -0.1) is 5.10 Å². The number of nitrogen functional groups attached to an aromatic ring is 1. The highest BCUT2D eigenvalue weighted by Crippen LogP contribution is 2.26. The second kappa shape index (κ2) is 7.39. The van der Waals surface area contributed by atoms with E-state index in [1.807, 2.05) is 4.90 Å². The van der Waals surface area contributed by atoms with Crippen molar-refractivity contribution in [3.8, 4) is 0 Å². The van der Waals surface area contributed by atoms with Crippen LogP contribution in [0.4, 0.5) is 11.9 Å². The number of hydrogen-bond acceptors (Lipinski definition) is 6. The van der Waals surface area contributed by atoms with Crippen LogP contribution in [0.2, 0.25) is 10.0 Å². The van der Waals surface area contributed by atoms with Gasteiger partial charge in [-0.25, -0.2) is 13.5 Å². The van der Waals surface area contributed by atoms with Gasteiger partial charge in [0.05, 0.1) is 21.6 Å². The normalized spacial score (nSPS) is 16.3. The van der Waals surface area contributed by atoms with Gasteiger partial charge in [0.2, 0.25) is 11.9 Å². The van der Waals surface area contributed by atoms with Crippen molar-refractivity contribution in [2.24, 2.45) is 5.92 Å². The molecule has 2 aromatic rings. The number of hydrogen-bond donors (Lipinski definition) is 2. The molecule has 0 bridgehead atoms. The molecule has 0 aliphatic carbocycles. The summed E-state index contributed by atoms with van der Waals surface area (Å²) >= 11 is 11.8. The lowest BCUT2D eigenvalue weighted by atomic mass is 9.99. The minimum absolute atomic E-state index is 0.0262. The minimum atomic E-state index is -3.22. The Morgan fingerprint density at radius 1 is 1.24 bits per heavy atom. The van der Waals surface area contributed by atoms with Crippen LogP contribution in [0.25, 0.3) is 0 Å². The number of anilines is 2. The Morgan fingerprint density at radius 3 is 2.56 bits per heavy atom. The van der Waals surface area contributed by atoms with Gasteiger partial charge in [-0.1, -0.05) is 29.3 Å². The molecule has 0 saturated carbocycles. The summed E-state index contributed by atoms with van der Waals surface area (Å²) in [5.74, 6) is 1.11. The Kier molecular flexibility index (Phi) is 5.41. The topological polar surface area (TPSA) is 105 Å². The Bertz CT molecular complexity index is 847. The van der Waals surface area contributed by atoms with Crippen molar-refractivity contribution in [2.75, 3.05) is 29.5 Å². The van der Waals surface area contributed by atoms with Crippen molar-refractivity contribution in [3.63, 3.8) is 0 Å². The number of sulfone groups is 1. The molecule has 1 aliphatic heterocycles. The molecule has 0 amide bonds. The van der Waals surface area contributed by atoms with Crippen LogP contribution in [-0.4, -0.2) is 42.4 Å². The van der Waals surface area contributed by atoms with Crippen LogP contribution in [0.1, 0.15) is 18.4 Å². The number of nitrogens with one attached hydrogen (secondary N) is 1. The minimum Gasteiger partial charge on any atom is -0.368 e. The Morgan fingerprint density at radius 2 is 1.96 bits per heavy atom. The van der Waals surface area contributed by atoms with Crippen molar-refractivity contribution in [1.82, 2.24) is 15.2 Å². The van der Waals surface area contributed by atoms with Crippen LogP contribution < -0.4 is 10.6 Å². The van der Waals surface area contributed by atoms with Crippen LogP contribution in [0.5, 0.6) is 0 Å². The molecule has 0 radical (unpaired) electrons. The predicted octanol–water partition coefficient (Wildman–Crippen LogP) is 2.53. The third kappa shape index (κ3) is 4.77. The molecule has 3 rings (SSSR count). The molecule has 2 heterocycles. The second-order valence-electron chi connectivity index (χ2n) is 6.25. The van der Waals surface area contributed by atoms with E-state index in [2.05, 4.69) is 15.2 Å². The maximum atomic E-state index is 12.5. The highest BCUT2D eigenvalue weighted by Gasteiger charge is 2.26. The van der Waals surface area contributed by atoms with Gasteiger partial charge in [0.25, 0.3) is 0 Å². The number of aromatic amines is 1. The molecule has 3 N–H and O–H groups in total. The first-order valence-corrected chi connectivity index (χ1v) is 10.5. The van der Waals surface area contributed by atoms with Crippen LogP contribution in [0, 0.1) is 5.92 Å². The maximum Gasteiger partial charge on any atom is 0.246 e. The second-order valence-corrected chi connectivity index (χ2v) is 9.18. The molecule has 7 nitrogen and oxygen atoms in total. The Hall–Kier alpha value is -1.51. The van der Waals surface area contributed by atoms with Crippen LogP contribution in [-0.2, 0) is 15.6 Å². The summed E-state index contributed by atoms with van der Waals surface area (Å²) in [6.45, 7) is 1.43. The average molecular weight is 404 g/mol. The van der Waals surface area contributed by atoms with Crippen LogP contribution in [0.15, 0.2) is 18.2 Å². The first kappa shape index (κ1) is 18.3. The quantitative estimate of drug-likeness (QED) is 0.794. The Balaban J connectivity index is 1.56. The molecule has 25 heavy (non-hydrogen) atoms. The average Bonchev–Trinajstić information content (AvgIpc) is 2.97. The summed E-state index contributed by atoms with van der Waals surface area (Å²) in [5.41, 5.74) is 6.19. The molecule has 136 valence electrons. The summed E-state index contributed by atoms with van der Waals surface area (Å²) in [4.78, 5) is 6.11. The van der Waals surface area contributed by atoms with Gasteiger partial charge >= 0.3 is 0 Å². The van der Waals surface area contributed by atoms with E-state index in [1.54, 1.807) is 18.2 Å². The van der Waals surface area contributed by atoms with Crippen molar-refractivity contribution < 1.29 is 8.42 Å². The van der Waals surface area contributed by atoms with E-state index in [1.165, 1.54) is 0 Å². The van der Waals surface area contributed by atoms with Gasteiger partial charge < -0.3 is 10.6 Å². The molecule has 0 unspecified atom stereocenters. The van der Waals surface area contributed by atoms with Gasteiger partial charge in [0.1, 0.15) is 0 Å². The fourth-order valence-electron chi connectivity index (χ4n) is 3.01. The van der Waals surface area contributed by atoms with E-state index in [0.29, 0.717) is 34.6 Å². The largest absolute Gasteiger partial charge is 0.368 e. The monoisotopic (exact) mass is 403 g/mol. The van der Waals surface area contributed by atoms with Crippen molar-refractivity contribution in [3.05, 3.63) is 33.8 Å². The molecule has 1 aromatic heterocycles. The van der Waals surface area contributed by atoms with Gasteiger partial charge in [-0.2, -0.15) is 4.98 Å². The maximum absolute atomic E-state index is 12.5. The molecule has 1 aromatic carbocycles. The lowest BCUT2D eigenvalue weighted by Gasteiger charge is -2.30. The molecule has 1 saturated heterocycles. The van der Waals surface area contributed by atoms with E-state index < -0.39 is 9.84 Å². The summed E-state index contributed by atoms with van der Waals surface area (Å²) in [5, 5.41) is 7.43. The first-order valence-electron chi connectivity index (χ1n) is 7.89. The third-order valence-electron chi connectivity index (χ3n) is 4.25. The number of aromatic nitrogens is 3. The lowest BCUT2D eigenvalue weighted by Crippen LogP contribution is -2.36. The number of benzene rings is 1. The molecule has 0 spiro atoms. The molecular weight excluding hydrogens is 385 g/mol. The highest BCUT2D eigenvalue weighted by atomic mass is 35.5. The zero-order valence-corrected chi connectivity index (χ0v) is 15.8. The van der Waals surface area contributed by atoms with Gasteiger partial charge in [0, 0.05) is 13.1 Å². The number of nitrogens with zero attached hydrogens (tertiary/aromatic N) is 3. The summed E-state index contributed by atoms with van der Waals surface area (Å²) in [6.07, 6.45) is 1.55.